The molecule has 0 N–H and O–H groups in total. The number of carbonyl (C=O) groups is 2. The van der Waals surface area contributed by atoms with Crippen LogP contribution >= 0.6 is 0 Å². The van der Waals surface area contributed by atoms with E-state index in [1.54, 1.807) is 0 Å². The number of esters is 2. The molecule has 1 unspecified atom stereocenters. The number of allylic oxidation sites excluding steroid dienone is 4. The van der Waals surface area contributed by atoms with E-state index in [2.05, 4.69) is 63.9 Å². The summed E-state index contributed by atoms with van der Waals surface area (Å²) in [6, 6.07) is 0. The summed E-state index contributed by atoms with van der Waals surface area (Å²) < 4.78 is 29.6. The molecule has 0 radical (unpaired) electrons. The number of nitrogens with zero attached hydrogens (tertiary/aromatic N) is 1. The van der Waals surface area contributed by atoms with E-state index in [1.807, 2.05) is 0 Å². The molecule has 0 saturated heterocycles. The highest BCUT2D eigenvalue weighted by Crippen LogP contribution is 2.14. The zero-order chi connectivity index (χ0) is 41.0. The van der Waals surface area contributed by atoms with Crippen LogP contribution in [0.5, 0.6) is 0 Å². The van der Waals surface area contributed by atoms with Gasteiger partial charge in [-0.25, -0.2) is 0 Å². The fourth-order valence-electron chi connectivity index (χ4n) is 6.28. The number of rotatable bonds is 44. The fourth-order valence-corrected chi connectivity index (χ4v) is 6.28. The molecule has 0 heterocycles. The summed E-state index contributed by atoms with van der Waals surface area (Å²) in [6.07, 6.45) is 37.8. The monoisotopic (exact) mass is 794 g/mol. The Morgan fingerprint density at radius 3 is 1.57 bits per heavy atom. The Kier molecular flexibility index (Phi) is 43.0. The molecule has 56 heavy (non-hydrogen) atoms. The highest BCUT2D eigenvalue weighted by Gasteiger charge is 2.18. The van der Waals surface area contributed by atoms with Gasteiger partial charge in [-0.15, -0.1) is 0 Å². The first kappa shape index (κ1) is 54.3. The van der Waals surface area contributed by atoms with Gasteiger partial charge in [-0.1, -0.05) is 148 Å². The van der Waals surface area contributed by atoms with Crippen molar-refractivity contribution in [1.82, 2.24) is 4.90 Å². The van der Waals surface area contributed by atoms with Crippen LogP contribution in [0.25, 0.3) is 0 Å². The second-order valence-electron chi connectivity index (χ2n) is 15.8. The number of unbranched alkanes of at least 4 members (excludes halogenated alkanes) is 18. The van der Waals surface area contributed by atoms with Crippen molar-refractivity contribution in [2.24, 2.45) is 5.92 Å². The molecule has 0 aliphatic rings. The zero-order valence-electron chi connectivity index (χ0n) is 37.5. The van der Waals surface area contributed by atoms with E-state index in [0.717, 1.165) is 77.3 Å². The molecule has 0 aromatic carbocycles. The Bertz CT molecular complexity index is 877. The number of hydrogen-bond acceptors (Lipinski definition) is 8. The third-order valence-electron chi connectivity index (χ3n) is 10.2. The summed E-state index contributed by atoms with van der Waals surface area (Å²) in [7, 11) is 2.10. The van der Waals surface area contributed by atoms with Crippen LogP contribution in [0.4, 0.5) is 0 Å². The normalized spacial score (nSPS) is 12.5. The zero-order valence-corrected chi connectivity index (χ0v) is 37.5. The smallest absolute Gasteiger partial charge is 0.305 e. The number of carbonyl (C=O) groups excluding carboxylic acids is 2. The topological polar surface area (TPSA) is 83.5 Å². The van der Waals surface area contributed by atoms with Gasteiger partial charge >= 0.3 is 11.9 Å². The Morgan fingerprint density at radius 1 is 0.518 bits per heavy atom. The predicted molar refractivity (Wildman–Crippen MR) is 235 cm³/mol. The second kappa shape index (κ2) is 44.4. The van der Waals surface area contributed by atoms with Crippen molar-refractivity contribution in [2.75, 3.05) is 59.8 Å². The summed E-state index contributed by atoms with van der Waals surface area (Å²) in [5.74, 6) is -0.683. The van der Waals surface area contributed by atoms with Crippen LogP contribution in [0.3, 0.4) is 0 Å². The maximum absolute atomic E-state index is 12.9. The molecule has 0 bridgehead atoms. The van der Waals surface area contributed by atoms with Crippen LogP contribution in [-0.2, 0) is 33.3 Å². The summed E-state index contributed by atoms with van der Waals surface area (Å²) in [5.41, 5.74) is 0. The van der Waals surface area contributed by atoms with Crippen molar-refractivity contribution in [1.29, 1.82) is 0 Å². The number of hydrogen-bond donors (Lipinski definition) is 0. The lowest BCUT2D eigenvalue weighted by Crippen LogP contribution is -2.26. The maximum Gasteiger partial charge on any atom is 0.305 e. The molecular formula is C48H91NO7. The van der Waals surface area contributed by atoms with E-state index in [0.29, 0.717) is 39.3 Å². The Morgan fingerprint density at radius 2 is 1.00 bits per heavy atom. The fraction of sp³-hybridized carbons (Fsp3) is 0.875. The van der Waals surface area contributed by atoms with E-state index in [9.17, 15) is 9.59 Å². The van der Waals surface area contributed by atoms with Crippen molar-refractivity contribution in [3.63, 3.8) is 0 Å². The molecule has 330 valence electrons. The van der Waals surface area contributed by atoms with Gasteiger partial charge in [0, 0.05) is 39.2 Å². The molecule has 0 aromatic rings. The summed E-state index contributed by atoms with van der Waals surface area (Å²) in [5, 5.41) is 0. The molecule has 0 spiro atoms. The highest BCUT2D eigenvalue weighted by atomic mass is 16.7. The molecule has 0 aliphatic carbocycles. The first-order chi connectivity index (χ1) is 27.5. The van der Waals surface area contributed by atoms with E-state index < -0.39 is 6.29 Å². The SMILES string of the molecule is CCCCC/C=C\C/C=C\CCCCCCCC(=O)OCC(COCCCN(C)CC)COC(=O)CCC(OCCCCCCCC)OCCCCCCCC. The van der Waals surface area contributed by atoms with Crippen molar-refractivity contribution in [3.05, 3.63) is 24.3 Å². The summed E-state index contributed by atoms with van der Waals surface area (Å²) in [6.45, 7) is 13.4. The van der Waals surface area contributed by atoms with Crippen LogP contribution in [0.2, 0.25) is 0 Å². The van der Waals surface area contributed by atoms with Gasteiger partial charge in [-0.2, -0.15) is 0 Å². The lowest BCUT2D eigenvalue weighted by molar-refractivity contribution is -0.161. The average molecular weight is 794 g/mol. The van der Waals surface area contributed by atoms with Crippen LogP contribution in [0, 0.1) is 5.92 Å². The van der Waals surface area contributed by atoms with E-state index in [-0.39, 0.29) is 37.5 Å². The highest BCUT2D eigenvalue weighted by molar-refractivity contribution is 5.69. The number of ether oxygens (including phenoxy) is 5. The first-order valence-electron chi connectivity index (χ1n) is 23.6. The Balaban J connectivity index is 4.63. The minimum Gasteiger partial charge on any atom is -0.465 e. The van der Waals surface area contributed by atoms with Crippen molar-refractivity contribution < 1.29 is 33.3 Å². The van der Waals surface area contributed by atoms with Gasteiger partial charge in [0.25, 0.3) is 0 Å². The largest absolute Gasteiger partial charge is 0.465 e. The van der Waals surface area contributed by atoms with Crippen LogP contribution in [-0.4, -0.2) is 82.9 Å². The third-order valence-corrected chi connectivity index (χ3v) is 10.2. The molecule has 1 atom stereocenters. The van der Waals surface area contributed by atoms with Gasteiger partial charge in [-0.05, 0) is 71.4 Å². The molecule has 0 amide bonds. The van der Waals surface area contributed by atoms with Gasteiger partial charge in [0.15, 0.2) is 6.29 Å². The van der Waals surface area contributed by atoms with Gasteiger partial charge in [0.1, 0.15) is 0 Å². The lowest BCUT2D eigenvalue weighted by atomic mass is 10.1. The van der Waals surface area contributed by atoms with Gasteiger partial charge in [0.2, 0.25) is 0 Å². The van der Waals surface area contributed by atoms with Crippen molar-refractivity contribution >= 4 is 11.9 Å². The minimum absolute atomic E-state index is 0.159. The standard InChI is InChI=1S/C48H91NO7/c1-6-10-13-16-19-20-21-22-23-24-25-26-27-28-31-35-46(50)55-43-45(42-52-39-34-38-49(5)9-4)44-56-47(51)36-37-48(53-40-32-29-17-14-11-7-2)54-41-33-30-18-15-12-8-3/h19-20,22-23,45,48H,6-18,21,24-44H2,1-5H3/b20-19-,23-22-. The molecular weight excluding hydrogens is 703 g/mol. The summed E-state index contributed by atoms with van der Waals surface area (Å²) in [4.78, 5) is 27.8. The third kappa shape index (κ3) is 40.5. The predicted octanol–water partition coefficient (Wildman–Crippen LogP) is 12.7. The van der Waals surface area contributed by atoms with E-state index in [4.69, 9.17) is 23.7 Å². The van der Waals surface area contributed by atoms with Crippen LogP contribution < -0.4 is 0 Å². The van der Waals surface area contributed by atoms with Gasteiger partial charge in [-0.3, -0.25) is 9.59 Å². The van der Waals surface area contributed by atoms with Crippen LogP contribution in [0.1, 0.15) is 201 Å². The summed E-state index contributed by atoms with van der Waals surface area (Å²) >= 11 is 0. The van der Waals surface area contributed by atoms with Crippen LogP contribution in [0.15, 0.2) is 24.3 Å². The first-order valence-corrected chi connectivity index (χ1v) is 23.6. The van der Waals surface area contributed by atoms with E-state index in [1.165, 1.54) is 89.9 Å². The molecule has 0 aromatic heterocycles. The molecule has 0 aliphatic heterocycles. The van der Waals surface area contributed by atoms with Crippen molar-refractivity contribution in [2.45, 2.75) is 207 Å². The van der Waals surface area contributed by atoms with Gasteiger partial charge < -0.3 is 28.6 Å². The molecule has 0 rings (SSSR count). The maximum atomic E-state index is 12.9. The molecule has 0 fully saturated rings. The average Bonchev–Trinajstić information content (AvgIpc) is 3.20. The second-order valence-corrected chi connectivity index (χ2v) is 15.8. The Hall–Kier alpha value is -1.74. The molecule has 8 heteroatoms. The van der Waals surface area contributed by atoms with E-state index >= 15 is 0 Å². The molecule has 0 saturated carbocycles. The Labute approximate surface area is 346 Å². The van der Waals surface area contributed by atoms with Crippen molar-refractivity contribution in [3.8, 4) is 0 Å². The minimum atomic E-state index is -0.399. The quantitative estimate of drug-likeness (QED) is 0.0261. The lowest BCUT2D eigenvalue weighted by Gasteiger charge is -2.20. The van der Waals surface area contributed by atoms with Gasteiger partial charge in [0.05, 0.1) is 32.2 Å². The molecule has 8 nitrogen and oxygen atoms in total.